The summed E-state index contributed by atoms with van der Waals surface area (Å²) in [6.45, 7) is 0.620. The van der Waals surface area contributed by atoms with Gasteiger partial charge in [-0.1, -0.05) is 36.4 Å². The molecule has 2 unspecified atom stereocenters. The van der Waals surface area contributed by atoms with Crippen LogP contribution in [0.25, 0.3) is 11.0 Å². The Balaban J connectivity index is 1.27. The Hall–Kier alpha value is -4.97. The van der Waals surface area contributed by atoms with Crippen molar-refractivity contribution in [3.63, 3.8) is 0 Å². The Bertz CT molecular complexity index is 1700. The number of ether oxygens (including phenoxy) is 3. The molecule has 1 aliphatic rings. The highest BCUT2D eigenvalue weighted by Gasteiger charge is 2.30. The molecule has 11 nitrogen and oxygen atoms in total. The Kier molecular flexibility index (Phi) is 10.0. The number of nitrogens with two attached hydrogens (primary N) is 1. The zero-order valence-electron chi connectivity index (χ0n) is 23.9. The molecule has 2 heterocycles. The van der Waals surface area contributed by atoms with Crippen LogP contribution in [-0.2, 0) is 25.5 Å². The number of allylic oxidation sites excluding steroid dienone is 1. The van der Waals surface area contributed by atoms with E-state index in [2.05, 4.69) is 10.6 Å². The molecule has 5 rings (SSSR count). The highest BCUT2D eigenvalue weighted by atomic mass is 16.7. The van der Waals surface area contributed by atoms with Crippen molar-refractivity contribution >= 4 is 34.2 Å². The summed E-state index contributed by atoms with van der Waals surface area (Å²) in [5.74, 6) is -1.31. The van der Waals surface area contributed by atoms with Crippen LogP contribution < -0.4 is 21.8 Å². The number of benzene rings is 3. The minimum absolute atomic E-state index is 0.00605. The molecule has 2 amide bonds. The van der Waals surface area contributed by atoms with Crippen molar-refractivity contribution in [1.82, 2.24) is 5.32 Å². The summed E-state index contributed by atoms with van der Waals surface area (Å²) >= 11 is 0. The minimum Gasteiger partial charge on any atom is -0.464 e. The third-order valence-electron chi connectivity index (χ3n) is 7.03. The number of hydrogen-bond acceptors (Lipinski definition) is 9. The fourth-order valence-corrected chi connectivity index (χ4v) is 4.74. The van der Waals surface area contributed by atoms with Crippen molar-refractivity contribution in [1.29, 1.82) is 0 Å². The average Bonchev–Trinajstić information content (AvgIpc) is 3.05. The number of fused-ring (bicyclic) bond motifs is 1. The molecule has 4 aromatic rings. The first-order valence-corrected chi connectivity index (χ1v) is 14.1. The number of anilines is 2. The minimum atomic E-state index is -0.828. The van der Waals surface area contributed by atoms with Crippen LogP contribution >= 0.6 is 0 Å². The summed E-state index contributed by atoms with van der Waals surface area (Å²) in [5, 5.41) is 15.0. The van der Waals surface area contributed by atoms with E-state index in [0.717, 1.165) is 5.56 Å². The van der Waals surface area contributed by atoms with Crippen molar-refractivity contribution in [3.05, 3.63) is 118 Å². The molecule has 0 aliphatic carbocycles. The van der Waals surface area contributed by atoms with Crippen molar-refractivity contribution in [2.75, 3.05) is 37.5 Å². The molecule has 44 heavy (non-hydrogen) atoms. The number of nitrogen functional groups attached to an aromatic ring is 1. The third-order valence-corrected chi connectivity index (χ3v) is 7.03. The molecule has 0 bridgehead atoms. The molecule has 0 radical (unpaired) electrons. The number of carbonyl (C=O) groups excluding carboxylic acids is 2. The number of amides is 2. The van der Waals surface area contributed by atoms with E-state index in [1.807, 2.05) is 0 Å². The molecular weight excluding hydrogens is 566 g/mol. The second kappa shape index (κ2) is 14.5. The fourth-order valence-electron chi connectivity index (χ4n) is 4.74. The fraction of sp³-hybridized carbons (Fsp3) is 0.242. The van der Waals surface area contributed by atoms with Crippen LogP contribution in [0, 0.1) is 0 Å². The largest absolute Gasteiger partial charge is 0.464 e. The molecule has 0 saturated heterocycles. The van der Waals surface area contributed by atoms with Gasteiger partial charge in [0.25, 0.3) is 11.8 Å². The topological polar surface area (TPSA) is 162 Å². The third kappa shape index (κ3) is 7.51. The smallest absolute Gasteiger partial charge is 0.286 e. The summed E-state index contributed by atoms with van der Waals surface area (Å²) in [7, 11) is 0. The van der Waals surface area contributed by atoms with Gasteiger partial charge >= 0.3 is 0 Å². The average molecular weight is 600 g/mol. The van der Waals surface area contributed by atoms with Crippen LogP contribution in [0.3, 0.4) is 0 Å². The summed E-state index contributed by atoms with van der Waals surface area (Å²) in [6, 6.07) is 20.7. The van der Waals surface area contributed by atoms with Crippen LogP contribution in [0.4, 0.5) is 11.4 Å². The molecule has 5 N–H and O–H groups in total. The van der Waals surface area contributed by atoms with Gasteiger partial charge in [-0.05, 0) is 48.0 Å². The highest BCUT2D eigenvalue weighted by molar-refractivity contribution is 6.05. The molecule has 1 aliphatic heterocycles. The van der Waals surface area contributed by atoms with E-state index in [4.69, 9.17) is 29.5 Å². The molecule has 228 valence electrons. The second-order valence-electron chi connectivity index (χ2n) is 10.1. The summed E-state index contributed by atoms with van der Waals surface area (Å²) in [5.41, 5.74) is 8.74. The predicted octanol–water partition coefficient (Wildman–Crippen LogP) is 3.68. The Labute approximate surface area is 253 Å². The molecule has 0 saturated carbocycles. The predicted molar refractivity (Wildman–Crippen MR) is 164 cm³/mol. The zero-order valence-corrected chi connectivity index (χ0v) is 23.9. The number of carbonyl (C=O) groups is 2. The normalized spacial score (nSPS) is 16.2. The lowest BCUT2D eigenvalue weighted by Gasteiger charge is -2.29. The van der Waals surface area contributed by atoms with Gasteiger partial charge in [-0.2, -0.15) is 0 Å². The molecular formula is C33H33N3O8. The SMILES string of the molecule is Nc1ccccc1NC(=O)c1ccc(CNC(=O)C2=CC(c3coc4ccccc4c3=O)CC(OCCOCCO)O2)cc1. The molecule has 3 aromatic carbocycles. The van der Waals surface area contributed by atoms with Crippen molar-refractivity contribution in [2.24, 2.45) is 0 Å². The standard InChI is InChI=1S/C33H33N3O8/c34-26-6-2-3-7-27(26)36-32(39)22-11-9-21(10-12-22)19-35-33(40)29-17-23(18-30(44-29)42-16-15-41-14-13-37)25-20-43-28-8-4-1-5-24(28)31(25)38/h1-12,17,20,23,30,37H,13-16,18-19,34H2,(H,35,40)(H,36,39). The van der Waals surface area contributed by atoms with E-state index < -0.39 is 18.1 Å². The monoisotopic (exact) mass is 599 g/mol. The lowest BCUT2D eigenvalue weighted by atomic mass is 9.93. The lowest BCUT2D eigenvalue weighted by Crippen LogP contribution is -2.34. The van der Waals surface area contributed by atoms with Crippen molar-refractivity contribution in [3.8, 4) is 0 Å². The number of aliphatic hydroxyl groups is 1. The quantitative estimate of drug-likeness (QED) is 0.141. The van der Waals surface area contributed by atoms with Gasteiger partial charge in [-0.15, -0.1) is 0 Å². The summed E-state index contributed by atoms with van der Waals surface area (Å²) in [4.78, 5) is 39.2. The lowest BCUT2D eigenvalue weighted by molar-refractivity contribution is -0.151. The number of rotatable bonds is 12. The number of nitrogens with one attached hydrogen (secondary N) is 2. The maximum Gasteiger partial charge on any atom is 0.286 e. The maximum atomic E-state index is 13.3. The Morgan fingerprint density at radius 3 is 2.52 bits per heavy atom. The molecule has 1 aromatic heterocycles. The van der Waals surface area contributed by atoms with Gasteiger partial charge in [0.15, 0.2) is 11.2 Å². The van der Waals surface area contributed by atoms with E-state index in [1.165, 1.54) is 6.26 Å². The van der Waals surface area contributed by atoms with Gasteiger partial charge in [0, 0.05) is 30.0 Å². The van der Waals surface area contributed by atoms with Gasteiger partial charge < -0.3 is 40.1 Å². The van der Waals surface area contributed by atoms with Crippen molar-refractivity contribution in [2.45, 2.75) is 25.2 Å². The maximum absolute atomic E-state index is 13.3. The molecule has 0 spiro atoms. The summed E-state index contributed by atoms with van der Waals surface area (Å²) < 4.78 is 22.6. The number of para-hydroxylation sites is 3. The van der Waals surface area contributed by atoms with Crippen LogP contribution in [0.5, 0.6) is 0 Å². The van der Waals surface area contributed by atoms with Crippen LogP contribution in [-0.4, -0.2) is 49.6 Å². The summed E-state index contributed by atoms with van der Waals surface area (Å²) in [6.07, 6.45) is 2.46. The molecule has 11 heteroatoms. The van der Waals surface area contributed by atoms with E-state index in [1.54, 1.807) is 78.9 Å². The Morgan fingerprint density at radius 1 is 0.955 bits per heavy atom. The molecule has 2 atom stereocenters. The van der Waals surface area contributed by atoms with E-state index in [0.29, 0.717) is 33.5 Å². The van der Waals surface area contributed by atoms with Gasteiger partial charge in [0.05, 0.1) is 49.5 Å². The Morgan fingerprint density at radius 2 is 1.73 bits per heavy atom. The van der Waals surface area contributed by atoms with E-state index in [9.17, 15) is 14.4 Å². The van der Waals surface area contributed by atoms with Gasteiger partial charge in [-0.3, -0.25) is 14.4 Å². The van der Waals surface area contributed by atoms with Crippen LogP contribution in [0.2, 0.25) is 0 Å². The number of aliphatic hydroxyl groups excluding tert-OH is 1. The van der Waals surface area contributed by atoms with E-state index in [-0.39, 0.29) is 56.5 Å². The van der Waals surface area contributed by atoms with Gasteiger partial charge in [0.2, 0.25) is 6.29 Å². The first kappa shape index (κ1) is 30.5. The van der Waals surface area contributed by atoms with E-state index >= 15 is 0 Å². The first-order valence-electron chi connectivity index (χ1n) is 14.1. The van der Waals surface area contributed by atoms with Gasteiger partial charge in [-0.25, -0.2) is 0 Å². The number of hydrogen-bond donors (Lipinski definition) is 4. The zero-order chi connectivity index (χ0) is 30.9. The van der Waals surface area contributed by atoms with Gasteiger partial charge in [0.1, 0.15) is 5.58 Å². The van der Waals surface area contributed by atoms with Crippen molar-refractivity contribution < 1.29 is 33.3 Å². The highest BCUT2D eigenvalue weighted by Crippen LogP contribution is 2.31. The first-order chi connectivity index (χ1) is 21.4. The molecule has 0 fully saturated rings. The second-order valence-corrected chi connectivity index (χ2v) is 10.1. The van der Waals surface area contributed by atoms with Crippen LogP contribution in [0.15, 0.2) is 100 Å². The van der Waals surface area contributed by atoms with Crippen LogP contribution in [0.1, 0.15) is 33.8 Å².